The fraction of sp³-hybridized carbons (Fsp3) is 0.533. The molecule has 46 heavy (non-hydrogen) atoms. The van der Waals surface area contributed by atoms with E-state index in [1.54, 1.807) is 24.4 Å². The Labute approximate surface area is 266 Å². The van der Waals surface area contributed by atoms with Gasteiger partial charge in [0.25, 0.3) is 10.0 Å². The molecule has 16 heteroatoms. The minimum atomic E-state index is -4.41. The van der Waals surface area contributed by atoms with Crippen molar-refractivity contribution in [3.63, 3.8) is 0 Å². The molecule has 2 aliphatic carbocycles. The third kappa shape index (κ3) is 6.98. The molecule has 1 atom stereocenters. The minimum absolute atomic E-state index is 0.115. The van der Waals surface area contributed by atoms with Gasteiger partial charge < -0.3 is 21.3 Å². The number of rotatable bonds is 10. The first-order valence-electron chi connectivity index (χ1n) is 15.3. The number of allylic oxidation sites excluding steroid dienone is 1. The topological polar surface area (TPSA) is 149 Å². The highest BCUT2D eigenvalue weighted by molar-refractivity contribution is 7.90. The number of hydrogen-bond acceptors (Lipinski definition) is 10. The lowest BCUT2D eigenvalue weighted by molar-refractivity contribution is -0.142. The monoisotopic (exact) mass is 660 g/mol. The Morgan fingerprint density at radius 1 is 1.17 bits per heavy atom. The van der Waals surface area contributed by atoms with E-state index in [9.17, 15) is 21.6 Å². The molecule has 4 N–H and O–H groups in total. The van der Waals surface area contributed by atoms with Gasteiger partial charge in [0.1, 0.15) is 6.54 Å². The fourth-order valence-corrected chi connectivity index (χ4v) is 7.76. The molecule has 0 spiro atoms. The molecule has 1 unspecified atom stereocenters. The number of nitrogens with zero attached hydrogens (tertiary/aromatic N) is 7. The van der Waals surface area contributed by atoms with Gasteiger partial charge in [0.2, 0.25) is 0 Å². The summed E-state index contributed by atoms with van der Waals surface area (Å²) in [5, 5.41) is 14.6. The van der Waals surface area contributed by atoms with Crippen LogP contribution in [0.25, 0.3) is 17.0 Å². The summed E-state index contributed by atoms with van der Waals surface area (Å²) in [7, 11) is 0.594. The Morgan fingerprint density at radius 3 is 2.59 bits per heavy atom. The number of dihydropyridines is 1. The molecular weight excluding hydrogens is 621 g/mol. The van der Waals surface area contributed by atoms with Crippen molar-refractivity contribution >= 4 is 15.6 Å². The van der Waals surface area contributed by atoms with E-state index in [1.807, 2.05) is 0 Å². The zero-order chi connectivity index (χ0) is 32.9. The zero-order valence-corrected chi connectivity index (χ0v) is 26.8. The number of alkyl halides is 3. The summed E-state index contributed by atoms with van der Waals surface area (Å²) < 4.78 is 66.4. The van der Waals surface area contributed by atoms with E-state index in [0.717, 1.165) is 41.0 Å². The molecule has 0 aromatic carbocycles. The Bertz CT molecular complexity index is 1750. The van der Waals surface area contributed by atoms with Crippen molar-refractivity contribution in [3.05, 3.63) is 66.3 Å². The second-order valence-corrected chi connectivity index (χ2v) is 15.3. The number of nitrogens with one attached hydrogen (secondary N) is 2. The van der Waals surface area contributed by atoms with Crippen LogP contribution in [0.2, 0.25) is 0 Å². The average Bonchev–Trinajstić information content (AvgIpc) is 3.56. The van der Waals surface area contributed by atoms with Crippen LogP contribution in [0, 0.1) is 5.41 Å². The predicted octanol–water partition coefficient (Wildman–Crippen LogP) is 3.18. The minimum Gasteiger partial charge on any atom is -0.382 e. The summed E-state index contributed by atoms with van der Waals surface area (Å²) in [4.78, 5) is 11.2. The van der Waals surface area contributed by atoms with Gasteiger partial charge in [-0.15, -0.1) is 0 Å². The predicted molar refractivity (Wildman–Crippen MR) is 166 cm³/mol. The van der Waals surface area contributed by atoms with Gasteiger partial charge in [-0.3, -0.25) is 4.68 Å². The van der Waals surface area contributed by atoms with Crippen LogP contribution in [-0.4, -0.2) is 80.4 Å². The highest BCUT2D eigenvalue weighted by Gasteiger charge is 2.38. The molecule has 0 bridgehead atoms. The fourth-order valence-electron chi connectivity index (χ4n) is 6.28. The van der Waals surface area contributed by atoms with Crippen molar-refractivity contribution in [1.82, 2.24) is 44.5 Å². The molecule has 0 amide bonds. The smallest absolute Gasteiger partial charge is 0.382 e. The lowest BCUT2D eigenvalue weighted by Crippen LogP contribution is -2.50. The van der Waals surface area contributed by atoms with E-state index in [0.29, 0.717) is 41.1 Å². The molecule has 0 radical (unpaired) electrons. The Kier molecular flexibility index (Phi) is 8.26. The molecule has 248 valence electrons. The van der Waals surface area contributed by atoms with Crippen molar-refractivity contribution in [3.8, 4) is 11.4 Å². The van der Waals surface area contributed by atoms with E-state index in [4.69, 9.17) is 5.73 Å². The molecule has 3 aromatic heterocycles. The highest BCUT2D eigenvalue weighted by atomic mass is 32.2. The van der Waals surface area contributed by atoms with Crippen molar-refractivity contribution < 1.29 is 21.6 Å². The Morgan fingerprint density at radius 2 is 1.91 bits per heavy atom. The number of nitrogens with two attached hydrogens (primary N) is 1. The van der Waals surface area contributed by atoms with Gasteiger partial charge in [-0.2, -0.15) is 27.5 Å². The van der Waals surface area contributed by atoms with Gasteiger partial charge in [0.05, 0.1) is 34.6 Å². The van der Waals surface area contributed by atoms with Crippen molar-refractivity contribution in [2.75, 3.05) is 20.6 Å². The maximum Gasteiger partial charge on any atom is 0.408 e. The van der Waals surface area contributed by atoms with Gasteiger partial charge >= 0.3 is 6.18 Å². The lowest BCUT2D eigenvalue weighted by atomic mass is 9.73. The summed E-state index contributed by atoms with van der Waals surface area (Å²) in [6.45, 7) is 2.09. The molecule has 12 nitrogen and oxygen atoms in total. The normalized spacial score (nSPS) is 25.6. The van der Waals surface area contributed by atoms with Gasteiger partial charge in [0.15, 0.2) is 11.5 Å². The molecule has 2 fully saturated rings. The van der Waals surface area contributed by atoms with Gasteiger partial charge in [-0.25, -0.2) is 18.4 Å². The highest BCUT2D eigenvalue weighted by Crippen LogP contribution is 2.38. The van der Waals surface area contributed by atoms with Crippen LogP contribution in [0.1, 0.15) is 56.8 Å². The van der Waals surface area contributed by atoms with Crippen LogP contribution in [0.3, 0.4) is 0 Å². The first-order valence-corrected chi connectivity index (χ1v) is 16.8. The summed E-state index contributed by atoms with van der Waals surface area (Å²) >= 11 is 0. The van der Waals surface area contributed by atoms with Gasteiger partial charge in [-0.1, -0.05) is 6.92 Å². The molecule has 1 aliphatic heterocycles. The van der Waals surface area contributed by atoms with Gasteiger partial charge in [-0.05, 0) is 76.2 Å². The van der Waals surface area contributed by atoms with Crippen molar-refractivity contribution in [2.24, 2.45) is 11.1 Å². The third-order valence-electron chi connectivity index (χ3n) is 8.73. The summed E-state index contributed by atoms with van der Waals surface area (Å²) in [5.74, 6) is 0.248. The van der Waals surface area contributed by atoms with Crippen LogP contribution in [0.5, 0.6) is 0 Å². The van der Waals surface area contributed by atoms with E-state index in [1.165, 1.54) is 24.8 Å². The van der Waals surface area contributed by atoms with Gasteiger partial charge in [0, 0.05) is 42.5 Å². The SMILES string of the molecule is CN(C)CC1(C)CCC(NC2=CC(N)(c3ccnc(-c4cnn(S(=O)(=O)C5CC5)c4)n3)NC=C2c2ccn(CC(F)(F)F)n2)CC1. The van der Waals surface area contributed by atoms with E-state index in [2.05, 4.69) is 56.7 Å². The quantitative estimate of drug-likeness (QED) is 0.296. The Hall–Kier alpha value is -3.76. The zero-order valence-electron chi connectivity index (χ0n) is 26.0. The molecular formula is C30H39F3N10O2S. The molecule has 3 aromatic rings. The summed E-state index contributed by atoms with van der Waals surface area (Å²) in [5.41, 5.74) is 8.15. The molecule has 4 heterocycles. The number of aromatic nitrogens is 6. The maximum absolute atomic E-state index is 13.1. The Balaban J connectivity index is 1.29. The van der Waals surface area contributed by atoms with Crippen LogP contribution in [-0.2, 0) is 22.2 Å². The van der Waals surface area contributed by atoms with E-state index in [-0.39, 0.29) is 17.3 Å². The van der Waals surface area contributed by atoms with Crippen molar-refractivity contribution in [1.29, 1.82) is 0 Å². The second kappa shape index (κ2) is 11.8. The molecule has 3 aliphatic rings. The molecule has 2 saturated carbocycles. The largest absolute Gasteiger partial charge is 0.408 e. The van der Waals surface area contributed by atoms with Crippen LogP contribution in [0.4, 0.5) is 13.2 Å². The third-order valence-corrected chi connectivity index (χ3v) is 10.8. The first-order chi connectivity index (χ1) is 21.6. The first kappa shape index (κ1) is 32.2. The second-order valence-electron chi connectivity index (χ2n) is 13.2. The standard InChI is InChI=1S/C30H39F3N10O2S/c1-28(18-41(2)3)10-6-21(7-11-28)38-25-14-29(34,36-16-23(25)24-9-13-42(40-24)19-30(31,32)33)26-8-12-35-27(39-26)20-15-37-43(17-20)46(44,45)22-4-5-22/h8-9,12-17,21-22,36,38H,4-7,10-11,18-19,34H2,1-3H3. The van der Waals surface area contributed by atoms with Crippen molar-refractivity contribution in [2.45, 2.75) is 75.1 Å². The lowest BCUT2D eigenvalue weighted by Gasteiger charge is -2.40. The number of hydrogen-bond donors (Lipinski definition) is 3. The number of halogens is 3. The van der Waals surface area contributed by atoms with E-state index >= 15 is 0 Å². The van der Waals surface area contributed by atoms with Crippen LogP contribution < -0.4 is 16.4 Å². The molecule has 6 rings (SSSR count). The summed E-state index contributed by atoms with van der Waals surface area (Å²) in [6, 6.07) is 3.31. The van der Waals surface area contributed by atoms with E-state index < -0.39 is 33.7 Å². The average molecular weight is 661 g/mol. The maximum atomic E-state index is 13.1. The summed E-state index contributed by atoms with van der Waals surface area (Å²) in [6.07, 6.45) is 9.72. The molecule has 0 saturated heterocycles. The van der Waals surface area contributed by atoms with Crippen LogP contribution >= 0.6 is 0 Å². The van der Waals surface area contributed by atoms with Crippen LogP contribution in [0.15, 0.2) is 54.9 Å².